The van der Waals surface area contributed by atoms with Crippen molar-refractivity contribution in [1.82, 2.24) is 5.32 Å². The van der Waals surface area contributed by atoms with E-state index in [0.717, 1.165) is 6.42 Å². The van der Waals surface area contributed by atoms with Gasteiger partial charge in [-0.1, -0.05) is 26.0 Å². The van der Waals surface area contributed by atoms with Crippen LogP contribution in [0.25, 0.3) is 0 Å². The van der Waals surface area contributed by atoms with E-state index >= 15 is 0 Å². The maximum absolute atomic E-state index is 5.86. The minimum atomic E-state index is 0.220. The Bertz CT molecular complexity index is 319. The molecule has 0 saturated heterocycles. The monoisotopic (exact) mass is 252 g/mol. The number of hydrogen-bond donors (Lipinski definition) is 2. The topological polar surface area (TPSA) is 38.0 Å². The smallest absolute Gasteiger partial charge is 0.0332 e. The van der Waals surface area contributed by atoms with Crippen LogP contribution in [0.5, 0.6) is 0 Å². The molecule has 0 aliphatic carbocycles. The van der Waals surface area contributed by atoms with Crippen molar-refractivity contribution < 1.29 is 0 Å². The molecule has 0 bridgehead atoms. The zero-order valence-electron chi connectivity index (χ0n) is 11.2. The lowest BCUT2D eigenvalue weighted by atomic mass is 10.0. The van der Waals surface area contributed by atoms with Gasteiger partial charge in [-0.15, -0.1) is 11.8 Å². The maximum Gasteiger partial charge on any atom is 0.0332 e. The van der Waals surface area contributed by atoms with E-state index in [1.54, 1.807) is 0 Å². The molecule has 3 heteroatoms. The zero-order valence-corrected chi connectivity index (χ0v) is 12.1. The van der Waals surface area contributed by atoms with Crippen LogP contribution in [0.15, 0.2) is 29.2 Å². The minimum absolute atomic E-state index is 0.220. The second kappa shape index (κ2) is 7.04. The molecule has 96 valence electrons. The molecule has 0 radical (unpaired) electrons. The summed E-state index contributed by atoms with van der Waals surface area (Å²) in [5, 5.41) is 3.95. The van der Waals surface area contributed by atoms with Crippen molar-refractivity contribution in [3.05, 3.63) is 29.8 Å². The van der Waals surface area contributed by atoms with E-state index in [0.29, 0.717) is 11.3 Å². The predicted molar refractivity (Wildman–Crippen MR) is 77.5 cm³/mol. The van der Waals surface area contributed by atoms with Crippen molar-refractivity contribution in [3.8, 4) is 0 Å². The van der Waals surface area contributed by atoms with Crippen molar-refractivity contribution in [1.29, 1.82) is 0 Å². The fourth-order valence-corrected chi connectivity index (χ4v) is 2.68. The van der Waals surface area contributed by atoms with E-state index < -0.39 is 0 Å². The van der Waals surface area contributed by atoms with Gasteiger partial charge >= 0.3 is 0 Å². The molecule has 1 rings (SSSR count). The van der Waals surface area contributed by atoms with E-state index in [9.17, 15) is 0 Å². The van der Waals surface area contributed by atoms with Gasteiger partial charge < -0.3 is 11.1 Å². The molecule has 2 atom stereocenters. The van der Waals surface area contributed by atoms with Gasteiger partial charge in [-0.25, -0.2) is 0 Å². The van der Waals surface area contributed by atoms with Gasteiger partial charge in [-0.05, 0) is 38.1 Å². The first-order chi connectivity index (χ1) is 8.02. The Morgan fingerprint density at radius 2 is 1.76 bits per heavy atom. The van der Waals surface area contributed by atoms with Crippen molar-refractivity contribution in [2.24, 2.45) is 5.73 Å². The summed E-state index contributed by atoms with van der Waals surface area (Å²) >= 11 is 1.90. The Morgan fingerprint density at radius 3 is 2.18 bits per heavy atom. The average molecular weight is 252 g/mol. The summed E-state index contributed by atoms with van der Waals surface area (Å²) in [7, 11) is 1.99. The summed E-state index contributed by atoms with van der Waals surface area (Å²) in [5.41, 5.74) is 7.18. The number of thioether (sulfide) groups is 1. The van der Waals surface area contributed by atoms with Gasteiger partial charge in [-0.3, -0.25) is 0 Å². The molecule has 0 aliphatic heterocycles. The number of nitrogens with one attached hydrogen (secondary N) is 1. The summed E-state index contributed by atoms with van der Waals surface area (Å²) in [6.45, 7) is 6.48. The molecule has 0 amide bonds. The second-order valence-electron chi connectivity index (χ2n) is 4.79. The number of rotatable bonds is 6. The normalized spacial score (nSPS) is 14.9. The standard InChI is InChI=1S/C14H24N2S/c1-10(2)17-13-7-5-12(6-8-13)14(16-4)9-11(3)15/h5-8,10-11,14,16H,9,15H2,1-4H3. The summed E-state index contributed by atoms with van der Waals surface area (Å²) in [6, 6.07) is 9.38. The van der Waals surface area contributed by atoms with Crippen molar-refractivity contribution in [2.45, 2.75) is 49.4 Å². The molecule has 0 aliphatic rings. The molecule has 17 heavy (non-hydrogen) atoms. The third-order valence-corrected chi connectivity index (χ3v) is 3.63. The van der Waals surface area contributed by atoms with Crippen molar-refractivity contribution in [3.63, 3.8) is 0 Å². The molecule has 1 aromatic rings. The second-order valence-corrected chi connectivity index (χ2v) is 6.44. The van der Waals surface area contributed by atoms with Gasteiger partial charge in [0.05, 0.1) is 0 Å². The van der Waals surface area contributed by atoms with Gasteiger partial charge in [0.2, 0.25) is 0 Å². The first-order valence-electron chi connectivity index (χ1n) is 6.22. The third kappa shape index (κ3) is 5.11. The van der Waals surface area contributed by atoms with Crippen molar-refractivity contribution >= 4 is 11.8 Å². The predicted octanol–water partition coefficient (Wildman–Crippen LogP) is 3.18. The lowest BCUT2D eigenvalue weighted by Gasteiger charge is -2.19. The van der Waals surface area contributed by atoms with Crippen LogP contribution in [0.1, 0.15) is 38.8 Å². The summed E-state index contributed by atoms with van der Waals surface area (Å²) in [4.78, 5) is 1.33. The highest BCUT2D eigenvalue weighted by atomic mass is 32.2. The lowest BCUT2D eigenvalue weighted by molar-refractivity contribution is 0.499. The summed E-state index contributed by atoms with van der Waals surface area (Å²) < 4.78 is 0. The highest BCUT2D eigenvalue weighted by molar-refractivity contribution is 7.99. The van der Waals surface area contributed by atoms with Gasteiger partial charge in [0.15, 0.2) is 0 Å². The molecule has 0 heterocycles. The Hall–Kier alpha value is -0.510. The zero-order chi connectivity index (χ0) is 12.8. The van der Waals surface area contributed by atoms with Crippen LogP contribution in [-0.4, -0.2) is 18.3 Å². The molecular weight excluding hydrogens is 228 g/mol. The van der Waals surface area contributed by atoms with Crippen LogP contribution in [-0.2, 0) is 0 Å². The molecular formula is C14H24N2S. The molecule has 0 fully saturated rings. The van der Waals surface area contributed by atoms with Crippen LogP contribution in [0.4, 0.5) is 0 Å². The fraction of sp³-hybridized carbons (Fsp3) is 0.571. The van der Waals surface area contributed by atoms with E-state index in [1.807, 2.05) is 25.7 Å². The van der Waals surface area contributed by atoms with E-state index in [4.69, 9.17) is 5.73 Å². The first-order valence-corrected chi connectivity index (χ1v) is 7.10. The molecule has 0 spiro atoms. The van der Waals surface area contributed by atoms with Gasteiger partial charge in [-0.2, -0.15) is 0 Å². The molecule has 0 saturated carbocycles. The average Bonchev–Trinajstić information content (AvgIpc) is 2.26. The van der Waals surface area contributed by atoms with E-state index in [-0.39, 0.29) is 6.04 Å². The largest absolute Gasteiger partial charge is 0.328 e. The summed E-state index contributed by atoms with van der Waals surface area (Å²) in [6.07, 6.45) is 0.965. The van der Waals surface area contributed by atoms with Gasteiger partial charge in [0.25, 0.3) is 0 Å². The number of nitrogens with two attached hydrogens (primary N) is 1. The third-order valence-electron chi connectivity index (χ3n) is 2.61. The maximum atomic E-state index is 5.86. The minimum Gasteiger partial charge on any atom is -0.328 e. The Morgan fingerprint density at radius 1 is 1.18 bits per heavy atom. The van der Waals surface area contributed by atoms with Gasteiger partial charge in [0, 0.05) is 22.2 Å². The lowest BCUT2D eigenvalue weighted by Crippen LogP contribution is -2.25. The fourth-order valence-electron chi connectivity index (χ4n) is 1.84. The van der Waals surface area contributed by atoms with Crippen LogP contribution in [0.2, 0.25) is 0 Å². The van der Waals surface area contributed by atoms with E-state index in [2.05, 4.69) is 43.4 Å². The Labute approximate surface area is 109 Å². The summed E-state index contributed by atoms with van der Waals surface area (Å²) in [5.74, 6) is 0. The van der Waals surface area contributed by atoms with E-state index in [1.165, 1.54) is 10.5 Å². The highest BCUT2D eigenvalue weighted by Crippen LogP contribution is 2.25. The van der Waals surface area contributed by atoms with Crippen LogP contribution < -0.4 is 11.1 Å². The molecule has 2 nitrogen and oxygen atoms in total. The van der Waals surface area contributed by atoms with Crippen LogP contribution >= 0.6 is 11.8 Å². The highest BCUT2D eigenvalue weighted by Gasteiger charge is 2.11. The molecule has 3 N–H and O–H groups in total. The van der Waals surface area contributed by atoms with Crippen molar-refractivity contribution in [2.75, 3.05) is 7.05 Å². The first kappa shape index (κ1) is 14.6. The molecule has 2 unspecified atom stereocenters. The van der Waals surface area contributed by atoms with Crippen LogP contribution in [0.3, 0.4) is 0 Å². The Kier molecular flexibility index (Phi) is 6.03. The quantitative estimate of drug-likeness (QED) is 0.764. The van der Waals surface area contributed by atoms with Gasteiger partial charge in [0.1, 0.15) is 0 Å². The number of hydrogen-bond acceptors (Lipinski definition) is 3. The molecule has 1 aromatic carbocycles. The van der Waals surface area contributed by atoms with Crippen LogP contribution in [0, 0.1) is 0 Å². The molecule has 0 aromatic heterocycles. The number of benzene rings is 1. The Balaban J connectivity index is 2.70. The SMILES string of the molecule is CNC(CC(C)N)c1ccc(SC(C)C)cc1.